The molecule has 0 aliphatic carbocycles. The second kappa shape index (κ2) is 6.75. The number of nitrogens with zero attached hydrogens (tertiary/aromatic N) is 5. The molecule has 9 nitrogen and oxygen atoms in total. The fourth-order valence-corrected chi connectivity index (χ4v) is 3.93. The van der Waals surface area contributed by atoms with Crippen molar-refractivity contribution in [2.75, 3.05) is 31.2 Å². The van der Waals surface area contributed by atoms with Gasteiger partial charge in [0.15, 0.2) is 0 Å². The van der Waals surface area contributed by atoms with Crippen LogP contribution in [0, 0.1) is 0 Å². The molecule has 3 aliphatic heterocycles. The maximum Gasteiger partial charge on any atom is 0.352 e. The van der Waals surface area contributed by atoms with Crippen LogP contribution in [0.25, 0.3) is 5.69 Å². The second-order valence-electron chi connectivity index (χ2n) is 6.91. The molecule has 1 saturated heterocycles. The van der Waals surface area contributed by atoms with Gasteiger partial charge in [0.2, 0.25) is 5.95 Å². The van der Waals surface area contributed by atoms with E-state index in [0.717, 1.165) is 28.9 Å². The van der Waals surface area contributed by atoms with Gasteiger partial charge >= 0.3 is 11.7 Å². The highest BCUT2D eigenvalue weighted by molar-refractivity contribution is 6.31. The van der Waals surface area contributed by atoms with Crippen molar-refractivity contribution >= 4 is 29.4 Å². The highest BCUT2D eigenvalue weighted by Crippen LogP contribution is 2.31. The van der Waals surface area contributed by atoms with E-state index in [0.29, 0.717) is 36.4 Å². The number of hydrogen-bond acceptors (Lipinski definition) is 7. The average molecular weight is 404 g/mol. The Morgan fingerprint density at radius 2 is 2.29 bits per heavy atom. The van der Waals surface area contributed by atoms with Gasteiger partial charge in [-0.1, -0.05) is 11.6 Å². The van der Waals surface area contributed by atoms with Crippen LogP contribution in [-0.4, -0.2) is 58.6 Å². The van der Waals surface area contributed by atoms with E-state index < -0.39 is 11.7 Å². The molecule has 4 heterocycles. The summed E-state index contributed by atoms with van der Waals surface area (Å²) in [6.45, 7) is 1.86. The molecule has 0 radical (unpaired) electrons. The Labute approximate surface area is 165 Å². The van der Waals surface area contributed by atoms with Crippen molar-refractivity contribution in [3.05, 3.63) is 39.3 Å². The Morgan fingerprint density at radius 3 is 3.11 bits per heavy atom. The molecule has 0 N–H and O–H groups in total. The summed E-state index contributed by atoms with van der Waals surface area (Å²) in [5.41, 5.74) is 1.01. The summed E-state index contributed by atoms with van der Waals surface area (Å²) >= 11 is 6.15. The fraction of sp³-hybridized carbons (Fsp3) is 0.444. The number of carbonyl (C=O) groups is 1. The van der Waals surface area contributed by atoms with Gasteiger partial charge in [-0.05, 0) is 31.0 Å². The molecule has 0 spiro atoms. The fourth-order valence-electron chi connectivity index (χ4n) is 3.77. The van der Waals surface area contributed by atoms with Gasteiger partial charge in [0.05, 0.1) is 18.3 Å². The number of anilines is 1. The van der Waals surface area contributed by atoms with Crippen molar-refractivity contribution in [1.29, 1.82) is 0 Å². The highest BCUT2D eigenvalue weighted by atomic mass is 35.5. The predicted molar refractivity (Wildman–Crippen MR) is 102 cm³/mol. The van der Waals surface area contributed by atoms with Crippen LogP contribution < -0.4 is 10.6 Å². The number of benzene rings is 1. The zero-order chi connectivity index (χ0) is 19.3. The molecular weight excluding hydrogens is 386 g/mol. The van der Waals surface area contributed by atoms with Crippen LogP contribution in [0.1, 0.15) is 18.4 Å². The molecule has 1 fully saturated rings. The molecule has 146 valence electrons. The zero-order valence-electron chi connectivity index (χ0n) is 15.0. The van der Waals surface area contributed by atoms with Gasteiger partial charge in [-0.25, -0.2) is 9.36 Å². The van der Waals surface area contributed by atoms with Crippen molar-refractivity contribution in [3.63, 3.8) is 0 Å². The van der Waals surface area contributed by atoms with Crippen molar-refractivity contribution < 1.29 is 14.3 Å². The van der Waals surface area contributed by atoms with Gasteiger partial charge in [-0.15, -0.1) is 5.10 Å². The van der Waals surface area contributed by atoms with Crippen molar-refractivity contribution in [3.8, 4) is 5.69 Å². The van der Waals surface area contributed by atoms with E-state index in [1.807, 2.05) is 11.0 Å². The van der Waals surface area contributed by atoms with E-state index in [-0.39, 0.29) is 19.3 Å². The molecule has 1 atom stereocenters. The number of ether oxygens (including phenoxy) is 2. The van der Waals surface area contributed by atoms with Gasteiger partial charge in [0.25, 0.3) is 0 Å². The molecule has 28 heavy (non-hydrogen) atoms. The third-order valence-corrected chi connectivity index (χ3v) is 5.31. The summed E-state index contributed by atoms with van der Waals surface area (Å²) < 4.78 is 13.3. The smallest absolute Gasteiger partial charge is 0.352 e. The third kappa shape index (κ3) is 2.82. The molecule has 1 aromatic heterocycles. The minimum atomic E-state index is -0.519. The molecule has 0 amide bonds. The molecule has 2 aromatic rings. The monoisotopic (exact) mass is 403 g/mol. The van der Waals surface area contributed by atoms with Crippen molar-refractivity contribution in [1.82, 2.24) is 14.3 Å². The van der Waals surface area contributed by atoms with Crippen LogP contribution in [0.3, 0.4) is 0 Å². The van der Waals surface area contributed by atoms with Crippen LogP contribution in [0.15, 0.2) is 28.0 Å². The molecule has 0 saturated carbocycles. The summed E-state index contributed by atoms with van der Waals surface area (Å²) in [4.78, 5) is 31.6. The Hall–Kier alpha value is -2.65. The third-order valence-electron chi connectivity index (χ3n) is 5.08. The maximum atomic E-state index is 13.0. The van der Waals surface area contributed by atoms with Crippen LogP contribution in [0.4, 0.5) is 5.95 Å². The quantitative estimate of drug-likeness (QED) is 0.707. The predicted octanol–water partition coefficient (Wildman–Crippen LogP) is 0.990. The van der Waals surface area contributed by atoms with Gasteiger partial charge < -0.3 is 9.47 Å². The summed E-state index contributed by atoms with van der Waals surface area (Å²) in [7, 11) is 0. The van der Waals surface area contributed by atoms with E-state index in [1.165, 1.54) is 4.57 Å². The Balaban J connectivity index is 1.45. The van der Waals surface area contributed by atoms with E-state index in [2.05, 4.69) is 10.1 Å². The van der Waals surface area contributed by atoms with Crippen LogP contribution in [0.2, 0.25) is 5.02 Å². The van der Waals surface area contributed by atoms with Gasteiger partial charge in [0, 0.05) is 23.7 Å². The number of fused-ring (bicyclic) bond motifs is 6. The number of aliphatic imine (C=N–C) groups is 1. The number of aromatic nitrogens is 3. The summed E-state index contributed by atoms with van der Waals surface area (Å²) in [5.74, 6) is 0.676. The molecule has 5 rings (SSSR count). The summed E-state index contributed by atoms with van der Waals surface area (Å²) in [6.07, 6.45) is 1.78. The minimum absolute atomic E-state index is 0.0618. The lowest BCUT2D eigenvalue weighted by Crippen LogP contribution is -2.37. The second-order valence-corrected chi connectivity index (χ2v) is 7.35. The van der Waals surface area contributed by atoms with Crippen molar-refractivity contribution in [2.24, 2.45) is 4.99 Å². The number of rotatable bonds is 4. The molecule has 0 bridgehead atoms. The topological polar surface area (TPSA) is 91.0 Å². The summed E-state index contributed by atoms with van der Waals surface area (Å²) in [5, 5.41) is 4.89. The lowest BCUT2D eigenvalue weighted by Gasteiger charge is -2.26. The first-order valence-electron chi connectivity index (χ1n) is 9.21. The molecule has 3 aliphatic rings. The lowest BCUT2D eigenvalue weighted by atomic mass is 10.1. The number of amidine groups is 1. The lowest BCUT2D eigenvalue weighted by molar-refractivity contribution is -0.147. The van der Waals surface area contributed by atoms with Gasteiger partial charge in [-0.3, -0.25) is 14.7 Å². The van der Waals surface area contributed by atoms with Crippen LogP contribution >= 0.6 is 11.6 Å². The van der Waals surface area contributed by atoms with Crippen molar-refractivity contribution in [2.45, 2.75) is 25.5 Å². The number of halogens is 1. The highest BCUT2D eigenvalue weighted by Gasteiger charge is 2.35. The first-order chi connectivity index (χ1) is 13.6. The number of esters is 1. The maximum absolute atomic E-state index is 13.0. The molecule has 1 aromatic carbocycles. The zero-order valence-corrected chi connectivity index (χ0v) is 15.8. The SMILES string of the molecule is O=C(Cn1nc2n(c1=O)-c1cc(Cl)ccc1C1=NCCN12)OCC1CCCO1. The molecular formula is C18H18ClN5O4. The van der Waals surface area contributed by atoms with Crippen LogP contribution in [-0.2, 0) is 20.8 Å². The number of hydrogen-bond donors (Lipinski definition) is 0. The van der Waals surface area contributed by atoms with E-state index in [4.69, 9.17) is 21.1 Å². The Morgan fingerprint density at radius 1 is 1.39 bits per heavy atom. The Kier molecular flexibility index (Phi) is 4.21. The molecule has 10 heteroatoms. The first-order valence-corrected chi connectivity index (χ1v) is 9.59. The summed E-state index contributed by atoms with van der Waals surface area (Å²) in [6, 6.07) is 5.32. The minimum Gasteiger partial charge on any atom is -0.462 e. The van der Waals surface area contributed by atoms with E-state index in [1.54, 1.807) is 12.1 Å². The van der Waals surface area contributed by atoms with Crippen LogP contribution in [0.5, 0.6) is 0 Å². The van der Waals surface area contributed by atoms with Gasteiger partial charge in [-0.2, -0.15) is 4.68 Å². The normalized spacial score (nSPS) is 19.8. The van der Waals surface area contributed by atoms with Gasteiger partial charge in [0.1, 0.15) is 19.0 Å². The van der Waals surface area contributed by atoms with E-state index in [9.17, 15) is 9.59 Å². The Bertz CT molecular complexity index is 1040. The number of carbonyl (C=O) groups excluding carboxylic acids is 1. The molecule has 1 unspecified atom stereocenters. The first kappa shape index (κ1) is 17.4. The average Bonchev–Trinajstić information content (AvgIpc) is 3.41. The largest absolute Gasteiger partial charge is 0.462 e. The van der Waals surface area contributed by atoms with E-state index >= 15 is 0 Å². The standard InChI is InChI=1S/C18H18ClN5O4/c19-11-3-4-13-14(8-11)24-17(22-6-5-20-16(13)22)21-23(18(24)26)9-15(25)28-10-12-2-1-7-27-12/h3-4,8,12H,1-2,5-7,9-10H2.